The van der Waals surface area contributed by atoms with E-state index >= 15 is 0 Å². The number of halogens is 1. The maximum absolute atomic E-state index is 10.6. The number of hydrogen-bond donors (Lipinski definition) is 1. The molecule has 1 aromatic carbocycles. The van der Waals surface area contributed by atoms with Crippen molar-refractivity contribution < 1.29 is 4.79 Å². The van der Waals surface area contributed by atoms with E-state index in [0.717, 1.165) is 18.7 Å². The Bertz CT molecular complexity index is 260. The molecule has 0 aliphatic carbocycles. The number of carbonyl (C=O) groups is 1. The van der Waals surface area contributed by atoms with Crippen LogP contribution in [0.1, 0.15) is 26.3 Å². The fourth-order valence-electron chi connectivity index (χ4n) is 1.13. The van der Waals surface area contributed by atoms with Gasteiger partial charge in [-0.2, -0.15) is 0 Å². The van der Waals surface area contributed by atoms with Gasteiger partial charge in [-0.15, -0.1) is 12.4 Å². The lowest BCUT2D eigenvalue weighted by molar-refractivity contribution is -0.116. The fraction of sp³-hybridized carbons (Fsp3) is 0.462. The molecule has 0 unspecified atom stereocenters. The molecule has 92 valence electrons. The Kier molecular flexibility index (Phi) is 13.4. The molecular formula is C13H22ClNO. The van der Waals surface area contributed by atoms with Gasteiger partial charge in [-0.05, 0) is 25.6 Å². The normalized spacial score (nSPS) is 8.44. The minimum Gasteiger partial charge on any atom is -0.317 e. The van der Waals surface area contributed by atoms with Crippen LogP contribution in [0.3, 0.4) is 0 Å². The van der Waals surface area contributed by atoms with Crippen molar-refractivity contribution in [2.45, 2.75) is 27.2 Å². The van der Waals surface area contributed by atoms with Crippen LogP contribution in [-0.2, 0) is 11.2 Å². The zero-order chi connectivity index (χ0) is 11.5. The third-order valence-corrected chi connectivity index (χ3v) is 1.80. The first-order valence-corrected chi connectivity index (χ1v) is 5.44. The predicted octanol–water partition coefficient (Wildman–Crippen LogP) is 2.86. The molecule has 1 rings (SSSR count). The Labute approximate surface area is 105 Å². The first-order chi connectivity index (χ1) is 7.20. The lowest BCUT2D eigenvalue weighted by Gasteiger charge is -1.93. The Morgan fingerprint density at radius 3 is 1.94 bits per heavy atom. The van der Waals surface area contributed by atoms with Gasteiger partial charge in [-0.25, -0.2) is 0 Å². The zero-order valence-electron chi connectivity index (χ0n) is 10.3. The third-order valence-electron chi connectivity index (χ3n) is 1.80. The molecule has 0 aromatic heterocycles. The van der Waals surface area contributed by atoms with Crippen molar-refractivity contribution in [3.63, 3.8) is 0 Å². The number of ketones is 1. The van der Waals surface area contributed by atoms with Crippen LogP contribution in [0.25, 0.3) is 0 Å². The summed E-state index contributed by atoms with van der Waals surface area (Å²) in [7, 11) is 0. The van der Waals surface area contributed by atoms with Gasteiger partial charge in [-0.3, -0.25) is 4.79 Å². The monoisotopic (exact) mass is 243 g/mol. The van der Waals surface area contributed by atoms with Crippen LogP contribution in [0.4, 0.5) is 0 Å². The summed E-state index contributed by atoms with van der Waals surface area (Å²) in [5, 5.41) is 3.11. The van der Waals surface area contributed by atoms with E-state index in [9.17, 15) is 4.79 Å². The number of rotatable bonds is 4. The lowest BCUT2D eigenvalue weighted by Crippen LogP contribution is -2.09. The highest BCUT2D eigenvalue weighted by molar-refractivity contribution is 5.85. The Hall–Kier alpha value is -0.860. The summed E-state index contributed by atoms with van der Waals surface area (Å²) in [5.41, 5.74) is 1.09. The van der Waals surface area contributed by atoms with Crippen molar-refractivity contribution >= 4 is 18.2 Å². The van der Waals surface area contributed by atoms with Gasteiger partial charge in [0.25, 0.3) is 0 Å². The van der Waals surface area contributed by atoms with Gasteiger partial charge < -0.3 is 5.32 Å². The van der Waals surface area contributed by atoms with Crippen LogP contribution < -0.4 is 5.32 Å². The van der Waals surface area contributed by atoms with Crippen LogP contribution in [0.2, 0.25) is 0 Å². The molecule has 0 fully saturated rings. The molecule has 0 spiro atoms. The summed E-state index contributed by atoms with van der Waals surface area (Å²) in [6, 6.07) is 9.75. The summed E-state index contributed by atoms with van der Waals surface area (Å²) < 4.78 is 0. The van der Waals surface area contributed by atoms with E-state index in [1.165, 1.54) is 0 Å². The molecule has 3 heteroatoms. The molecule has 0 aliphatic rings. The summed E-state index contributed by atoms with van der Waals surface area (Å²) in [6.07, 6.45) is 0.556. The smallest absolute Gasteiger partial charge is 0.134 e. The van der Waals surface area contributed by atoms with Gasteiger partial charge in [0, 0.05) is 6.42 Å². The van der Waals surface area contributed by atoms with E-state index in [4.69, 9.17) is 0 Å². The van der Waals surface area contributed by atoms with Gasteiger partial charge in [-0.1, -0.05) is 44.2 Å². The van der Waals surface area contributed by atoms with E-state index in [1.807, 2.05) is 30.3 Å². The SMILES string of the molecule is CC(=O)Cc1ccccc1.CCNCC.Cl. The average molecular weight is 244 g/mol. The zero-order valence-corrected chi connectivity index (χ0v) is 11.1. The largest absolute Gasteiger partial charge is 0.317 e. The van der Waals surface area contributed by atoms with E-state index < -0.39 is 0 Å². The highest BCUT2D eigenvalue weighted by Crippen LogP contribution is 1.98. The average Bonchev–Trinajstić information content (AvgIpc) is 2.20. The molecule has 16 heavy (non-hydrogen) atoms. The molecule has 1 aromatic rings. The van der Waals surface area contributed by atoms with Gasteiger partial charge in [0.1, 0.15) is 5.78 Å². The Morgan fingerprint density at radius 2 is 1.62 bits per heavy atom. The summed E-state index contributed by atoms with van der Waals surface area (Å²) in [4.78, 5) is 10.6. The number of Topliss-reactive ketones (excluding diaryl/α,β-unsaturated/α-hetero) is 1. The molecule has 0 heterocycles. The van der Waals surface area contributed by atoms with Crippen LogP contribution in [0.15, 0.2) is 30.3 Å². The van der Waals surface area contributed by atoms with Crippen molar-refractivity contribution in [3.8, 4) is 0 Å². The minimum atomic E-state index is 0. The fourth-order valence-corrected chi connectivity index (χ4v) is 1.13. The summed E-state index contributed by atoms with van der Waals surface area (Å²) in [5.74, 6) is 0.214. The molecular weight excluding hydrogens is 222 g/mol. The predicted molar refractivity (Wildman–Crippen MR) is 72.3 cm³/mol. The van der Waals surface area contributed by atoms with Crippen LogP contribution in [-0.4, -0.2) is 18.9 Å². The van der Waals surface area contributed by atoms with Crippen molar-refractivity contribution in [3.05, 3.63) is 35.9 Å². The van der Waals surface area contributed by atoms with Gasteiger partial charge in [0.2, 0.25) is 0 Å². The molecule has 0 radical (unpaired) electrons. The van der Waals surface area contributed by atoms with Crippen molar-refractivity contribution in [1.82, 2.24) is 5.32 Å². The van der Waals surface area contributed by atoms with Crippen molar-refractivity contribution in [2.75, 3.05) is 13.1 Å². The van der Waals surface area contributed by atoms with Crippen LogP contribution >= 0.6 is 12.4 Å². The van der Waals surface area contributed by atoms with Gasteiger partial charge in [0.15, 0.2) is 0 Å². The van der Waals surface area contributed by atoms with Crippen LogP contribution in [0.5, 0.6) is 0 Å². The van der Waals surface area contributed by atoms with Gasteiger partial charge >= 0.3 is 0 Å². The molecule has 0 bridgehead atoms. The Morgan fingerprint density at radius 1 is 1.12 bits per heavy atom. The summed E-state index contributed by atoms with van der Waals surface area (Å²) in [6.45, 7) is 7.99. The van der Waals surface area contributed by atoms with E-state index in [0.29, 0.717) is 6.42 Å². The first-order valence-electron chi connectivity index (χ1n) is 5.44. The second-order valence-corrected chi connectivity index (χ2v) is 3.32. The number of hydrogen-bond acceptors (Lipinski definition) is 2. The Balaban J connectivity index is 0. The molecule has 0 aliphatic heterocycles. The number of benzene rings is 1. The first kappa shape index (κ1) is 17.5. The second kappa shape index (κ2) is 12.2. The molecule has 0 saturated heterocycles. The van der Waals surface area contributed by atoms with E-state index in [1.54, 1.807) is 6.92 Å². The number of carbonyl (C=O) groups excluding carboxylic acids is 1. The maximum atomic E-state index is 10.6. The standard InChI is InChI=1S/C9H10O.C4H11N.ClH/c1-8(10)7-9-5-3-2-4-6-9;1-3-5-4-2;/h2-6H,7H2,1H3;5H,3-4H2,1-2H3;1H. The maximum Gasteiger partial charge on any atom is 0.134 e. The quantitative estimate of drug-likeness (QED) is 0.881. The van der Waals surface area contributed by atoms with E-state index in [-0.39, 0.29) is 18.2 Å². The van der Waals surface area contributed by atoms with Crippen molar-refractivity contribution in [2.24, 2.45) is 0 Å². The molecule has 0 saturated carbocycles. The number of nitrogens with one attached hydrogen (secondary N) is 1. The molecule has 2 nitrogen and oxygen atoms in total. The molecule has 1 N–H and O–H groups in total. The van der Waals surface area contributed by atoms with Crippen molar-refractivity contribution in [1.29, 1.82) is 0 Å². The van der Waals surface area contributed by atoms with E-state index in [2.05, 4.69) is 19.2 Å². The topological polar surface area (TPSA) is 29.1 Å². The van der Waals surface area contributed by atoms with Gasteiger partial charge in [0.05, 0.1) is 0 Å². The highest BCUT2D eigenvalue weighted by atomic mass is 35.5. The summed E-state index contributed by atoms with van der Waals surface area (Å²) >= 11 is 0. The highest BCUT2D eigenvalue weighted by Gasteiger charge is 1.93. The third kappa shape index (κ3) is 11.2. The minimum absolute atomic E-state index is 0. The molecule has 0 atom stereocenters. The second-order valence-electron chi connectivity index (χ2n) is 3.32. The lowest BCUT2D eigenvalue weighted by atomic mass is 10.1. The molecule has 0 amide bonds. The van der Waals surface area contributed by atoms with Crippen LogP contribution in [0, 0.1) is 0 Å².